The number of aryl methyl sites for hydroxylation is 1. The zero-order valence-electron chi connectivity index (χ0n) is 16.9. The quantitative estimate of drug-likeness (QED) is 0.789. The molecule has 1 spiro atoms. The molecule has 28 heavy (non-hydrogen) atoms. The fraction of sp³-hybridized carbons (Fsp3) is 0.500. The van der Waals surface area contributed by atoms with Crippen molar-refractivity contribution in [2.45, 2.75) is 52.1 Å². The Kier molecular flexibility index (Phi) is 5.77. The van der Waals surface area contributed by atoms with E-state index in [1.807, 2.05) is 29.3 Å². The van der Waals surface area contributed by atoms with Gasteiger partial charge in [-0.1, -0.05) is 37.3 Å². The van der Waals surface area contributed by atoms with Crippen molar-refractivity contribution in [1.29, 1.82) is 0 Å². The second kappa shape index (κ2) is 8.44. The smallest absolute Gasteiger partial charge is 0.222 e. The third-order valence-electron chi connectivity index (χ3n) is 6.58. The Labute approximate surface area is 168 Å². The van der Waals surface area contributed by atoms with Gasteiger partial charge in [0.2, 0.25) is 5.91 Å². The van der Waals surface area contributed by atoms with Crippen molar-refractivity contribution in [1.82, 2.24) is 14.8 Å². The van der Waals surface area contributed by atoms with Gasteiger partial charge in [-0.3, -0.25) is 14.7 Å². The van der Waals surface area contributed by atoms with Crippen molar-refractivity contribution in [3.63, 3.8) is 0 Å². The molecular formula is C24H31N3O. The Hall–Kier alpha value is -2.20. The highest BCUT2D eigenvalue weighted by Crippen LogP contribution is 2.40. The van der Waals surface area contributed by atoms with Gasteiger partial charge in [0.25, 0.3) is 0 Å². The summed E-state index contributed by atoms with van der Waals surface area (Å²) in [5.74, 6) is 0.287. The molecule has 0 atom stereocenters. The molecule has 3 heterocycles. The Morgan fingerprint density at radius 1 is 0.964 bits per heavy atom. The second-order valence-corrected chi connectivity index (χ2v) is 8.52. The van der Waals surface area contributed by atoms with E-state index in [4.69, 9.17) is 0 Å². The number of pyridine rings is 1. The molecule has 1 aromatic carbocycles. The average molecular weight is 378 g/mol. The molecule has 0 aliphatic carbocycles. The molecule has 1 amide bonds. The normalized spacial score (nSPS) is 19.9. The van der Waals surface area contributed by atoms with Gasteiger partial charge in [0, 0.05) is 25.7 Å². The largest absolute Gasteiger partial charge is 0.336 e. The molecule has 1 aromatic heterocycles. The van der Waals surface area contributed by atoms with Gasteiger partial charge in [-0.25, -0.2) is 0 Å². The summed E-state index contributed by atoms with van der Waals surface area (Å²) in [7, 11) is 0. The molecule has 0 bridgehead atoms. The molecule has 4 rings (SSSR count). The minimum Gasteiger partial charge on any atom is -0.336 e. The van der Waals surface area contributed by atoms with E-state index in [2.05, 4.69) is 41.1 Å². The van der Waals surface area contributed by atoms with Crippen molar-refractivity contribution in [2.24, 2.45) is 5.41 Å². The summed E-state index contributed by atoms with van der Waals surface area (Å²) >= 11 is 0. The van der Waals surface area contributed by atoms with Gasteiger partial charge in [0.15, 0.2) is 0 Å². The van der Waals surface area contributed by atoms with Gasteiger partial charge in [0.1, 0.15) is 0 Å². The van der Waals surface area contributed by atoms with Crippen LogP contribution in [0.2, 0.25) is 0 Å². The highest BCUT2D eigenvalue weighted by Gasteiger charge is 2.40. The number of carbonyl (C=O) groups is 1. The van der Waals surface area contributed by atoms with Crippen LogP contribution in [0.15, 0.2) is 48.7 Å². The van der Waals surface area contributed by atoms with E-state index in [9.17, 15) is 4.79 Å². The number of rotatable bonds is 5. The van der Waals surface area contributed by atoms with Crippen LogP contribution >= 0.6 is 0 Å². The molecule has 2 aliphatic heterocycles. The molecule has 2 saturated heterocycles. The van der Waals surface area contributed by atoms with Crippen LogP contribution in [0.25, 0.3) is 0 Å². The van der Waals surface area contributed by atoms with Crippen LogP contribution in [0, 0.1) is 5.41 Å². The van der Waals surface area contributed by atoms with Gasteiger partial charge in [-0.05, 0) is 67.4 Å². The number of aromatic nitrogens is 1. The average Bonchev–Trinajstić information content (AvgIpc) is 2.74. The van der Waals surface area contributed by atoms with Crippen molar-refractivity contribution >= 4 is 5.91 Å². The van der Waals surface area contributed by atoms with E-state index in [1.54, 1.807) is 0 Å². The van der Waals surface area contributed by atoms with Gasteiger partial charge in [0.05, 0.1) is 12.2 Å². The number of amides is 1. The molecular weight excluding hydrogens is 346 g/mol. The standard InChI is InChI=1S/C24H31N3O/c1-2-20-6-8-21(9-7-20)17-26-15-12-24(13-16-26)11-10-23(28)27(19-24)18-22-5-3-4-14-25-22/h3-9,14H,2,10-13,15-19H2,1H3. The van der Waals surface area contributed by atoms with Gasteiger partial charge >= 0.3 is 0 Å². The molecule has 0 N–H and O–H groups in total. The summed E-state index contributed by atoms with van der Waals surface area (Å²) in [4.78, 5) is 21.5. The molecule has 2 aromatic rings. The molecule has 148 valence electrons. The highest BCUT2D eigenvalue weighted by molar-refractivity contribution is 5.77. The monoisotopic (exact) mass is 377 g/mol. The summed E-state index contributed by atoms with van der Waals surface area (Å²) in [6, 6.07) is 15.0. The second-order valence-electron chi connectivity index (χ2n) is 8.52. The lowest BCUT2D eigenvalue weighted by molar-refractivity contribution is -0.140. The zero-order valence-corrected chi connectivity index (χ0v) is 16.9. The zero-order chi connectivity index (χ0) is 19.4. The maximum absolute atomic E-state index is 12.5. The minimum absolute atomic E-state index is 0.287. The van der Waals surface area contributed by atoms with Crippen LogP contribution in [-0.4, -0.2) is 40.3 Å². The highest BCUT2D eigenvalue weighted by atomic mass is 16.2. The van der Waals surface area contributed by atoms with Crippen LogP contribution in [0.5, 0.6) is 0 Å². The Morgan fingerprint density at radius 2 is 1.71 bits per heavy atom. The van der Waals surface area contributed by atoms with E-state index in [-0.39, 0.29) is 5.91 Å². The lowest BCUT2D eigenvalue weighted by Crippen LogP contribution is -2.51. The predicted octanol–water partition coefficient (Wildman–Crippen LogP) is 4.05. The van der Waals surface area contributed by atoms with E-state index in [1.165, 1.54) is 24.0 Å². The fourth-order valence-corrected chi connectivity index (χ4v) is 4.67. The van der Waals surface area contributed by atoms with Crippen LogP contribution in [0.3, 0.4) is 0 Å². The number of nitrogens with zero attached hydrogens (tertiary/aromatic N) is 3. The predicted molar refractivity (Wildman–Crippen MR) is 112 cm³/mol. The van der Waals surface area contributed by atoms with Gasteiger partial charge in [-0.2, -0.15) is 0 Å². The van der Waals surface area contributed by atoms with Crippen molar-refractivity contribution in [2.75, 3.05) is 19.6 Å². The van der Waals surface area contributed by atoms with Crippen LogP contribution in [0.4, 0.5) is 0 Å². The molecule has 0 radical (unpaired) electrons. The maximum atomic E-state index is 12.5. The number of hydrogen-bond donors (Lipinski definition) is 0. The van der Waals surface area contributed by atoms with E-state index in [0.717, 1.165) is 44.7 Å². The Balaban J connectivity index is 1.34. The number of carbonyl (C=O) groups excluding carboxylic acids is 1. The number of hydrogen-bond acceptors (Lipinski definition) is 3. The fourth-order valence-electron chi connectivity index (χ4n) is 4.67. The van der Waals surface area contributed by atoms with Gasteiger partial charge < -0.3 is 4.90 Å². The van der Waals surface area contributed by atoms with Crippen LogP contribution < -0.4 is 0 Å². The molecule has 2 fully saturated rings. The molecule has 4 nitrogen and oxygen atoms in total. The number of likely N-dealkylation sites (tertiary alicyclic amines) is 2. The van der Waals surface area contributed by atoms with Crippen LogP contribution in [0.1, 0.15) is 49.4 Å². The van der Waals surface area contributed by atoms with Gasteiger partial charge in [-0.15, -0.1) is 0 Å². The summed E-state index contributed by atoms with van der Waals surface area (Å²) < 4.78 is 0. The summed E-state index contributed by atoms with van der Waals surface area (Å²) in [6.45, 7) is 7.03. The first-order valence-electron chi connectivity index (χ1n) is 10.6. The van der Waals surface area contributed by atoms with E-state index < -0.39 is 0 Å². The maximum Gasteiger partial charge on any atom is 0.222 e. The third kappa shape index (κ3) is 4.44. The van der Waals surface area contributed by atoms with Crippen molar-refractivity contribution < 1.29 is 4.79 Å². The number of piperidine rings is 2. The third-order valence-corrected chi connectivity index (χ3v) is 6.58. The van der Waals surface area contributed by atoms with Crippen LogP contribution in [-0.2, 0) is 24.3 Å². The molecule has 0 unspecified atom stereocenters. The van der Waals surface area contributed by atoms with Crippen molar-refractivity contribution in [3.05, 3.63) is 65.5 Å². The lowest BCUT2D eigenvalue weighted by Gasteiger charge is -2.47. The molecule has 4 heteroatoms. The molecule has 2 aliphatic rings. The minimum atomic E-state index is 0.287. The first-order chi connectivity index (χ1) is 13.7. The Bertz CT molecular complexity index is 779. The van der Waals surface area contributed by atoms with E-state index >= 15 is 0 Å². The SMILES string of the molecule is CCc1ccc(CN2CCC3(CCC(=O)N(Cc4ccccn4)C3)CC2)cc1. The summed E-state index contributed by atoms with van der Waals surface area (Å²) in [5, 5.41) is 0. The summed E-state index contributed by atoms with van der Waals surface area (Å²) in [5.41, 5.74) is 4.09. The number of benzene rings is 1. The first kappa shape index (κ1) is 19.1. The molecule has 0 saturated carbocycles. The first-order valence-corrected chi connectivity index (χ1v) is 10.6. The Morgan fingerprint density at radius 3 is 2.39 bits per heavy atom. The van der Waals surface area contributed by atoms with E-state index in [0.29, 0.717) is 18.4 Å². The summed E-state index contributed by atoms with van der Waals surface area (Å²) in [6.07, 6.45) is 7.01. The van der Waals surface area contributed by atoms with Crippen molar-refractivity contribution in [3.8, 4) is 0 Å². The topological polar surface area (TPSA) is 36.4 Å². The lowest BCUT2D eigenvalue weighted by atomic mass is 9.72.